The molecule has 1 heterocycles. The van der Waals surface area contributed by atoms with E-state index in [1.807, 2.05) is 0 Å². The van der Waals surface area contributed by atoms with Crippen LogP contribution in [0.4, 0.5) is 0 Å². The van der Waals surface area contributed by atoms with Crippen molar-refractivity contribution in [2.75, 3.05) is 13.2 Å². The van der Waals surface area contributed by atoms with Crippen LogP contribution in [0.2, 0.25) is 0 Å². The highest BCUT2D eigenvalue weighted by Crippen LogP contribution is 2.33. The molecule has 1 aliphatic heterocycles. The van der Waals surface area contributed by atoms with E-state index in [0.717, 1.165) is 45.3 Å². The summed E-state index contributed by atoms with van der Waals surface area (Å²) in [7, 11) is 0. The summed E-state index contributed by atoms with van der Waals surface area (Å²) in [5.74, 6) is 0.283. The third-order valence-electron chi connectivity index (χ3n) is 9.26. The summed E-state index contributed by atoms with van der Waals surface area (Å²) in [6, 6.07) is 0. The molecule has 0 radical (unpaired) electrons. The van der Waals surface area contributed by atoms with Gasteiger partial charge in [-0.05, 0) is 83.5 Å². The zero-order chi connectivity index (χ0) is 31.7. The second kappa shape index (κ2) is 31.8. The van der Waals surface area contributed by atoms with Crippen LogP contribution in [0.1, 0.15) is 194 Å². The Balaban J connectivity index is 2.08. The van der Waals surface area contributed by atoms with Crippen molar-refractivity contribution in [3.05, 3.63) is 48.6 Å². The molecule has 44 heavy (non-hydrogen) atoms. The van der Waals surface area contributed by atoms with Gasteiger partial charge in [-0.3, -0.25) is 0 Å². The molecule has 256 valence electrons. The first kappa shape index (κ1) is 40.9. The Morgan fingerprint density at radius 2 is 0.773 bits per heavy atom. The Morgan fingerprint density at radius 1 is 0.432 bits per heavy atom. The average Bonchev–Trinajstić information content (AvgIpc) is 3.04. The lowest BCUT2D eigenvalue weighted by molar-refractivity contribution is -0.290. The quantitative estimate of drug-likeness (QED) is 0.0573. The predicted molar refractivity (Wildman–Crippen MR) is 196 cm³/mol. The van der Waals surface area contributed by atoms with Gasteiger partial charge in [0.2, 0.25) is 0 Å². The van der Waals surface area contributed by atoms with Gasteiger partial charge >= 0.3 is 0 Å². The fourth-order valence-corrected chi connectivity index (χ4v) is 6.04. The summed E-state index contributed by atoms with van der Waals surface area (Å²) >= 11 is 0. The van der Waals surface area contributed by atoms with E-state index in [9.17, 15) is 0 Å². The molecule has 0 aromatic rings. The molecule has 1 saturated heterocycles. The van der Waals surface area contributed by atoms with E-state index in [-0.39, 0.29) is 5.79 Å². The van der Waals surface area contributed by atoms with Crippen LogP contribution >= 0.6 is 0 Å². The summed E-state index contributed by atoms with van der Waals surface area (Å²) in [4.78, 5) is 0. The minimum absolute atomic E-state index is 0.295. The highest BCUT2D eigenvalue weighted by atomic mass is 16.7. The minimum Gasteiger partial charge on any atom is -0.350 e. The van der Waals surface area contributed by atoms with E-state index < -0.39 is 0 Å². The van der Waals surface area contributed by atoms with E-state index in [2.05, 4.69) is 69.4 Å². The molecule has 2 heteroatoms. The third-order valence-corrected chi connectivity index (χ3v) is 9.26. The van der Waals surface area contributed by atoms with Crippen LogP contribution in [0.3, 0.4) is 0 Å². The summed E-state index contributed by atoms with van der Waals surface area (Å²) < 4.78 is 12.9. The van der Waals surface area contributed by atoms with Gasteiger partial charge in [0.05, 0.1) is 13.2 Å². The molecule has 1 fully saturated rings. The van der Waals surface area contributed by atoms with Crippen LogP contribution in [0.15, 0.2) is 48.6 Å². The first-order valence-electron chi connectivity index (χ1n) is 19.6. The zero-order valence-corrected chi connectivity index (χ0v) is 30.0. The topological polar surface area (TPSA) is 18.5 Å². The Morgan fingerprint density at radius 3 is 1.14 bits per heavy atom. The lowest BCUT2D eigenvalue weighted by atomic mass is 9.96. The monoisotopic (exact) mass is 613 g/mol. The van der Waals surface area contributed by atoms with Gasteiger partial charge in [0.25, 0.3) is 0 Å². The van der Waals surface area contributed by atoms with Gasteiger partial charge < -0.3 is 9.47 Å². The molecule has 0 N–H and O–H groups in total. The van der Waals surface area contributed by atoms with Gasteiger partial charge in [-0.1, -0.05) is 146 Å². The molecule has 0 aromatic heterocycles. The number of ether oxygens (including phenoxy) is 2. The first-order valence-corrected chi connectivity index (χ1v) is 19.6. The SMILES string of the molecule is CCCCC/C=C\C/C=C\CCCCCCCCC1(CCCCCCCC/C=C\C/C=C\CCCCC)OCC(CC)CO1. The Labute approximate surface area is 276 Å². The number of hydrogen-bond donors (Lipinski definition) is 0. The average molecular weight is 613 g/mol. The summed E-state index contributed by atoms with van der Waals surface area (Å²) in [6.45, 7) is 8.58. The fraction of sp³-hybridized carbons (Fsp3) is 0.810. The second-order valence-electron chi connectivity index (χ2n) is 13.5. The molecule has 0 amide bonds. The highest BCUT2D eigenvalue weighted by Gasteiger charge is 2.36. The van der Waals surface area contributed by atoms with Crippen LogP contribution in [0, 0.1) is 5.92 Å². The third kappa shape index (κ3) is 25.1. The molecule has 0 atom stereocenters. The van der Waals surface area contributed by atoms with E-state index in [1.54, 1.807) is 0 Å². The fourth-order valence-electron chi connectivity index (χ4n) is 6.04. The van der Waals surface area contributed by atoms with E-state index in [4.69, 9.17) is 9.47 Å². The maximum Gasteiger partial charge on any atom is 0.168 e. The van der Waals surface area contributed by atoms with Gasteiger partial charge in [-0.25, -0.2) is 0 Å². The molecule has 0 aliphatic carbocycles. The van der Waals surface area contributed by atoms with Crippen molar-refractivity contribution in [1.29, 1.82) is 0 Å². The van der Waals surface area contributed by atoms with Crippen LogP contribution in [0.5, 0.6) is 0 Å². The van der Waals surface area contributed by atoms with Gasteiger partial charge in [0.1, 0.15) is 0 Å². The summed E-state index contributed by atoms with van der Waals surface area (Å²) in [5.41, 5.74) is 0. The van der Waals surface area contributed by atoms with Crippen LogP contribution in [-0.4, -0.2) is 19.0 Å². The highest BCUT2D eigenvalue weighted by molar-refractivity contribution is 4.93. The van der Waals surface area contributed by atoms with Gasteiger partial charge in [-0.2, -0.15) is 0 Å². The van der Waals surface area contributed by atoms with Crippen molar-refractivity contribution in [1.82, 2.24) is 0 Å². The lowest BCUT2D eigenvalue weighted by Crippen LogP contribution is -2.44. The molecular formula is C42H76O2. The molecule has 1 rings (SSSR count). The van der Waals surface area contributed by atoms with E-state index >= 15 is 0 Å². The van der Waals surface area contributed by atoms with E-state index in [0.29, 0.717) is 5.92 Å². The molecule has 0 spiro atoms. The second-order valence-corrected chi connectivity index (χ2v) is 13.5. The van der Waals surface area contributed by atoms with Gasteiger partial charge in [0, 0.05) is 18.8 Å². The molecular weight excluding hydrogens is 536 g/mol. The van der Waals surface area contributed by atoms with Crippen molar-refractivity contribution in [3.63, 3.8) is 0 Å². The van der Waals surface area contributed by atoms with E-state index in [1.165, 1.54) is 141 Å². The van der Waals surface area contributed by atoms with Crippen LogP contribution in [0.25, 0.3) is 0 Å². The first-order chi connectivity index (χ1) is 21.8. The van der Waals surface area contributed by atoms with Crippen LogP contribution in [-0.2, 0) is 9.47 Å². The van der Waals surface area contributed by atoms with Crippen LogP contribution < -0.4 is 0 Å². The maximum atomic E-state index is 6.47. The van der Waals surface area contributed by atoms with Gasteiger partial charge in [0.15, 0.2) is 5.79 Å². The van der Waals surface area contributed by atoms with Crippen molar-refractivity contribution < 1.29 is 9.47 Å². The van der Waals surface area contributed by atoms with Crippen molar-refractivity contribution in [2.24, 2.45) is 5.92 Å². The standard InChI is InChI=1S/C42H76O2/c1-4-7-9-11-13-15-17-19-21-23-25-27-29-31-33-35-37-42(43-39-41(6-3)40-44-42)38-36-34-32-30-28-26-24-22-20-18-16-14-12-10-8-5-2/h13-16,19-22,41H,4-12,17-18,23-40H2,1-3H3/b15-13-,16-14-,21-19-,22-20-. The lowest BCUT2D eigenvalue weighted by Gasteiger charge is -2.40. The largest absolute Gasteiger partial charge is 0.350 e. The van der Waals surface area contributed by atoms with Crippen molar-refractivity contribution in [3.8, 4) is 0 Å². The predicted octanol–water partition coefficient (Wildman–Crippen LogP) is 14.2. The number of hydrogen-bond acceptors (Lipinski definition) is 2. The molecule has 0 aromatic carbocycles. The number of allylic oxidation sites excluding steroid dienone is 8. The van der Waals surface area contributed by atoms with Crippen molar-refractivity contribution >= 4 is 0 Å². The zero-order valence-electron chi connectivity index (χ0n) is 30.0. The summed E-state index contributed by atoms with van der Waals surface area (Å²) in [6.07, 6.45) is 53.3. The Bertz CT molecular complexity index is 645. The van der Waals surface area contributed by atoms with Crippen molar-refractivity contribution in [2.45, 2.75) is 200 Å². The molecule has 2 nitrogen and oxygen atoms in total. The summed E-state index contributed by atoms with van der Waals surface area (Å²) in [5, 5.41) is 0. The smallest absolute Gasteiger partial charge is 0.168 e. The van der Waals surface area contributed by atoms with Gasteiger partial charge in [-0.15, -0.1) is 0 Å². The molecule has 1 aliphatic rings. The number of unbranched alkanes of at least 4 members (excludes halogenated alkanes) is 18. The number of rotatable bonds is 31. The maximum absolute atomic E-state index is 6.47. The molecule has 0 unspecified atom stereocenters. The molecule has 0 saturated carbocycles. The molecule has 0 bridgehead atoms. The minimum atomic E-state index is -0.295. The normalized spacial score (nSPS) is 16.1. The Hall–Kier alpha value is -1.12. The Kier molecular flexibility index (Phi) is 29.6.